The molecule has 0 unspecified atom stereocenters. The Morgan fingerprint density at radius 2 is 1.36 bits per heavy atom. The molecule has 0 atom stereocenters. The predicted molar refractivity (Wildman–Crippen MR) is 121 cm³/mol. The summed E-state index contributed by atoms with van der Waals surface area (Å²) in [5.74, 6) is 0.300. The van der Waals surface area contributed by atoms with Gasteiger partial charge in [-0.25, -0.2) is 0 Å². The van der Waals surface area contributed by atoms with Crippen molar-refractivity contribution in [1.29, 1.82) is 0 Å². The average molecular weight is 459 g/mol. The second-order valence-electron chi connectivity index (χ2n) is 7.14. The number of Topliss-reactive ketones (excluding diaryl/α,β-unsaturated/α-hetero) is 1. The number of ether oxygens (including phenoxy) is 5. The Bertz CT molecular complexity index is 950. The van der Waals surface area contributed by atoms with Crippen molar-refractivity contribution in [2.24, 2.45) is 0 Å². The van der Waals surface area contributed by atoms with E-state index in [4.69, 9.17) is 23.7 Å². The molecule has 8 heteroatoms. The largest absolute Gasteiger partial charge is 0.497 e. The highest BCUT2D eigenvalue weighted by Crippen LogP contribution is 2.35. The molecule has 0 bridgehead atoms. The van der Waals surface area contributed by atoms with Crippen LogP contribution in [0.5, 0.6) is 23.0 Å². The average Bonchev–Trinajstić information content (AvgIpc) is 2.81. The maximum atomic E-state index is 13.2. The number of methoxy groups -OCH3 is 3. The predicted octanol–water partition coefficient (Wildman–Crippen LogP) is 4.17. The molecule has 0 amide bonds. The van der Waals surface area contributed by atoms with E-state index in [1.54, 1.807) is 44.4 Å². The van der Waals surface area contributed by atoms with Crippen LogP contribution in [0.25, 0.3) is 0 Å². The molecule has 0 spiro atoms. The van der Waals surface area contributed by atoms with Crippen LogP contribution in [-0.4, -0.2) is 45.7 Å². The monoisotopic (exact) mass is 458 g/mol. The molecule has 8 nitrogen and oxygen atoms in total. The van der Waals surface area contributed by atoms with Crippen LogP contribution >= 0.6 is 0 Å². The fourth-order valence-corrected chi connectivity index (χ4v) is 3.16. The van der Waals surface area contributed by atoms with Crippen molar-refractivity contribution in [3.05, 3.63) is 47.5 Å². The van der Waals surface area contributed by atoms with Crippen LogP contribution in [-0.2, 0) is 20.7 Å². The van der Waals surface area contributed by atoms with E-state index in [0.717, 1.165) is 5.56 Å². The molecule has 0 fully saturated rings. The van der Waals surface area contributed by atoms with Crippen LogP contribution in [0.2, 0.25) is 0 Å². The van der Waals surface area contributed by atoms with Gasteiger partial charge in [0.1, 0.15) is 28.6 Å². The highest BCUT2D eigenvalue weighted by atomic mass is 16.5. The molecule has 0 aliphatic rings. The Labute approximate surface area is 193 Å². The molecule has 0 aliphatic heterocycles. The van der Waals surface area contributed by atoms with Crippen molar-refractivity contribution < 1.29 is 38.1 Å². The highest BCUT2D eigenvalue weighted by molar-refractivity contribution is 6.03. The van der Waals surface area contributed by atoms with Crippen LogP contribution in [0.1, 0.15) is 48.5 Å². The van der Waals surface area contributed by atoms with E-state index in [2.05, 4.69) is 0 Å². The van der Waals surface area contributed by atoms with Gasteiger partial charge in [0, 0.05) is 31.4 Å². The number of carbonyl (C=O) groups excluding carboxylic acids is 3. The van der Waals surface area contributed by atoms with Gasteiger partial charge in [0.05, 0.1) is 27.9 Å². The summed E-state index contributed by atoms with van der Waals surface area (Å²) in [7, 11) is 4.47. The molecule has 2 aromatic carbocycles. The van der Waals surface area contributed by atoms with Gasteiger partial charge in [-0.15, -0.1) is 0 Å². The Hall–Kier alpha value is -3.55. The van der Waals surface area contributed by atoms with E-state index in [9.17, 15) is 14.4 Å². The molecular weight excluding hydrogens is 428 g/mol. The molecule has 0 aromatic heterocycles. The fraction of sp³-hybridized carbons (Fsp3) is 0.400. The molecule has 178 valence electrons. The van der Waals surface area contributed by atoms with E-state index in [1.807, 2.05) is 0 Å². The molecule has 2 rings (SSSR count). The second-order valence-corrected chi connectivity index (χ2v) is 7.14. The van der Waals surface area contributed by atoms with Gasteiger partial charge in [-0.05, 0) is 37.5 Å². The summed E-state index contributed by atoms with van der Waals surface area (Å²) in [6.45, 7) is 2.07. The number of hydrogen-bond acceptors (Lipinski definition) is 8. The third-order valence-corrected chi connectivity index (χ3v) is 4.84. The van der Waals surface area contributed by atoms with Gasteiger partial charge < -0.3 is 23.7 Å². The second kappa shape index (κ2) is 13.1. The number of rotatable bonds is 13. The molecule has 0 radical (unpaired) electrons. The Kier molecular flexibility index (Phi) is 10.2. The zero-order valence-corrected chi connectivity index (χ0v) is 19.5. The first-order chi connectivity index (χ1) is 15.9. The standard InChI is InChI=1S/C25H30O8/c1-5-32-23(27)8-6-7-9-24(28)33-22-16-19(30-3)15-21(31-4)25(22)20(26)14-17-10-12-18(29-2)13-11-17/h10-13,15-16H,5-9,14H2,1-4H3. The van der Waals surface area contributed by atoms with E-state index >= 15 is 0 Å². The summed E-state index contributed by atoms with van der Waals surface area (Å²) in [6.07, 6.45) is 1.36. The maximum absolute atomic E-state index is 13.2. The minimum absolute atomic E-state index is 0.0695. The molecular formula is C25H30O8. The fourth-order valence-electron chi connectivity index (χ4n) is 3.16. The van der Waals surface area contributed by atoms with Gasteiger partial charge in [0.25, 0.3) is 0 Å². The van der Waals surface area contributed by atoms with Crippen LogP contribution in [0.4, 0.5) is 0 Å². The van der Waals surface area contributed by atoms with Gasteiger partial charge in [-0.1, -0.05) is 12.1 Å². The molecule has 0 saturated carbocycles. The van der Waals surface area contributed by atoms with Gasteiger partial charge in [-0.2, -0.15) is 0 Å². The Morgan fingerprint density at radius 1 is 0.758 bits per heavy atom. The first-order valence-electron chi connectivity index (χ1n) is 10.7. The quantitative estimate of drug-likeness (QED) is 0.191. The summed E-state index contributed by atoms with van der Waals surface area (Å²) in [5.41, 5.74) is 0.934. The van der Waals surface area contributed by atoms with Gasteiger partial charge in [-0.3, -0.25) is 14.4 Å². The van der Waals surface area contributed by atoms with Crippen molar-refractivity contribution in [2.45, 2.75) is 39.0 Å². The summed E-state index contributed by atoms with van der Waals surface area (Å²) in [5, 5.41) is 0. The molecule has 0 aliphatic carbocycles. The topological polar surface area (TPSA) is 97.4 Å². The van der Waals surface area contributed by atoms with Crippen LogP contribution < -0.4 is 18.9 Å². The van der Waals surface area contributed by atoms with Crippen LogP contribution in [0.3, 0.4) is 0 Å². The minimum atomic E-state index is -0.521. The lowest BCUT2D eigenvalue weighted by atomic mass is 10.0. The van der Waals surface area contributed by atoms with E-state index in [1.165, 1.54) is 20.3 Å². The number of ketones is 1. The van der Waals surface area contributed by atoms with Crippen LogP contribution in [0.15, 0.2) is 36.4 Å². The SMILES string of the molecule is CCOC(=O)CCCCC(=O)Oc1cc(OC)cc(OC)c1C(=O)Cc1ccc(OC)cc1. The summed E-state index contributed by atoms with van der Waals surface area (Å²) >= 11 is 0. The molecule has 2 aromatic rings. The Morgan fingerprint density at radius 3 is 1.94 bits per heavy atom. The third-order valence-electron chi connectivity index (χ3n) is 4.84. The molecule has 0 N–H and O–H groups in total. The van der Waals surface area contributed by atoms with Crippen molar-refractivity contribution in [1.82, 2.24) is 0 Å². The lowest BCUT2D eigenvalue weighted by Crippen LogP contribution is -2.14. The first kappa shape index (κ1) is 25.7. The third kappa shape index (κ3) is 7.82. The van der Waals surface area contributed by atoms with Gasteiger partial charge in [0.15, 0.2) is 5.78 Å². The number of unbranched alkanes of at least 4 members (excludes halogenated alkanes) is 1. The Balaban J connectivity index is 2.15. The normalized spacial score (nSPS) is 10.3. The van der Waals surface area contributed by atoms with Crippen LogP contribution in [0, 0.1) is 0 Å². The number of esters is 2. The molecule has 0 saturated heterocycles. The maximum Gasteiger partial charge on any atom is 0.311 e. The van der Waals surface area contributed by atoms with E-state index < -0.39 is 5.97 Å². The summed E-state index contributed by atoms with van der Waals surface area (Å²) in [6, 6.07) is 10.2. The molecule has 33 heavy (non-hydrogen) atoms. The summed E-state index contributed by atoms with van der Waals surface area (Å²) < 4.78 is 26.2. The van der Waals surface area contributed by atoms with Crippen molar-refractivity contribution in [2.75, 3.05) is 27.9 Å². The summed E-state index contributed by atoms with van der Waals surface area (Å²) in [4.78, 5) is 37.0. The number of hydrogen-bond donors (Lipinski definition) is 0. The van der Waals surface area contributed by atoms with Crippen molar-refractivity contribution >= 4 is 17.7 Å². The van der Waals surface area contributed by atoms with E-state index in [-0.39, 0.29) is 48.1 Å². The number of carbonyl (C=O) groups is 3. The van der Waals surface area contributed by atoms with Crippen molar-refractivity contribution in [3.8, 4) is 23.0 Å². The van der Waals surface area contributed by atoms with E-state index in [0.29, 0.717) is 30.9 Å². The zero-order valence-electron chi connectivity index (χ0n) is 19.5. The lowest BCUT2D eigenvalue weighted by Gasteiger charge is -2.15. The number of benzene rings is 2. The zero-order chi connectivity index (χ0) is 24.2. The van der Waals surface area contributed by atoms with Gasteiger partial charge in [0.2, 0.25) is 0 Å². The minimum Gasteiger partial charge on any atom is -0.497 e. The smallest absolute Gasteiger partial charge is 0.311 e. The molecule has 0 heterocycles. The van der Waals surface area contributed by atoms with Gasteiger partial charge >= 0.3 is 11.9 Å². The van der Waals surface area contributed by atoms with Crippen molar-refractivity contribution in [3.63, 3.8) is 0 Å². The highest BCUT2D eigenvalue weighted by Gasteiger charge is 2.23. The lowest BCUT2D eigenvalue weighted by molar-refractivity contribution is -0.143. The first-order valence-corrected chi connectivity index (χ1v) is 10.7.